The largest absolute Gasteiger partial charge is 0.636 e. The summed E-state index contributed by atoms with van der Waals surface area (Å²) in [4.78, 5) is 14.4. The van der Waals surface area contributed by atoms with Gasteiger partial charge in [-0.15, -0.1) is 0 Å². The van der Waals surface area contributed by atoms with Crippen molar-refractivity contribution in [3.8, 4) is 0 Å². The number of nitrogens with one attached hydrogen (secondary N) is 1. The van der Waals surface area contributed by atoms with E-state index in [0.29, 0.717) is 19.6 Å². The maximum absolute atomic E-state index is 12.6. The highest BCUT2D eigenvalue weighted by Crippen LogP contribution is 2.16. The molecule has 8 heteroatoms. The summed E-state index contributed by atoms with van der Waals surface area (Å²) in [5, 5.41) is 3.23. The number of hydrogen-bond acceptors (Lipinski definition) is 5. The summed E-state index contributed by atoms with van der Waals surface area (Å²) in [5.74, 6) is 0. The second kappa shape index (κ2) is 7.80. The van der Waals surface area contributed by atoms with Crippen LogP contribution in [0.2, 0.25) is 0 Å². The van der Waals surface area contributed by atoms with Crippen LogP contribution in [0.3, 0.4) is 0 Å². The first-order chi connectivity index (χ1) is 9.15. The Hall–Kier alpha value is -0.673. The molecule has 1 heterocycles. The first kappa shape index (κ1) is 16.4. The predicted molar refractivity (Wildman–Crippen MR) is 73.6 cm³/mol. The molecule has 7 nitrogen and oxygen atoms in total. The Kier molecular flexibility index (Phi) is 6.73. The highest BCUT2D eigenvalue weighted by atomic mass is 28.4. The molecule has 0 spiro atoms. The molecular formula is C11H25N3O4Si. The average Bonchev–Trinajstić information content (AvgIpc) is 2.48. The van der Waals surface area contributed by atoms with Crippen molar-refractivity contribution in [1.82, 2.24) is 14.8 Å². The van der Waals surface area contributed by atoms with Gasteiger partial charge in [0.25, 0.3) is 0 Å². The lowest BCUT2D eigenvalue weighted by Gasteiger charge is -2.39. The van der Waals surface area contributed by atoms with Gasteiger partial charge < -0.3 is 23.5 Å². The van der Waals surface area contributed by atoms with Gasteiger partial charge in [-0.1, -0.05) is 6.92 Å². The zero-order chi connectivity index (χ0) is 14.3. The van der Waals surface area contributed by atoms with Crippen molar-refractivity contribution in [2.45, 2.75) is 13.3 Å². The average molecular weight is 291 g/mol. The fourth-order valence-electron chi connectivity index (χ4n) is 2.18. The quantitative estimate of drug-likeness (QED) is 0.703. The Bertz CT molecular complexity index is 275. The third-order valence-electron chi connectivity index (χ3n) is 3.17. The van der Waals surface area contributed by atoms with Crippen molar-refractivity contribution >= 4 is 15.0 Å². The third kappa shape index (κ3) is 3.66. The molecule has 1 saturated heterocycles. The fourth-order valence-corrected chi connectivity index (χ4v) is 4.22. The molecule has 0 unspecified atom stereocenters. The molecule has 0 aromatic rings. The minimum absolute atomic E-state index is 0.0689. The van der Waals surface area contributed by atoms with E-state index >= 15 is 0 Å². The molecule has 19 heavy (non-hydrogen) atoms. The lowest BCUT2D eigenvalue weighted by atomic mass is 10.4. The Morgan fingerprint density at radius 2 is 1.74 bits per heavy atom. The van der Waals surface area contributed by atoms with Crippen LogP contribution < -0.4 is 5.32 Å². The van der Waals surface area contributed by atoms with Gasteiger partial charge in [-0.2, -0.15) is 0 Å². The zero-order valence-electron chi connectivity index (χ0n) is 12.3. The van der Waals surface area contributed by atoms with E-state index in [4.69, 9.17) is 13.3 Å². The number of nitrogens with zero attached hydrogens (tertiary/aromatic N) is 2. The third-order valence-corrected chi connectivity index (χ3v) is 5.79. The second-order valence-corrected chi connectivity index (χ2v) is 7.12. The summed E-state index contributed by atoms with van der Waals surface area (Å²) < 4.78 is 17.9. The van der Waals surface area contributed by atoms with Crippen LogP contribution in [0.5, 0.6) is 0 Å². The Balaban J connectivity index is 2.87. The molecule has 0 atom stereocenters. The number of hydrogen-bond donors (Lipinski definition) is 1. The van der Waals surface area contributed by atoms with Gasteiger partial charge in [0, 0.05) is 54.1 Å². The molecule has 0 aliphatic carbocycles. The maximum atomic E-state index is 12.6. The standard InChI is InChI=1S/C11H25N3O4Si/c1-5-8-14(19(16-2,17-3)18-4)11(15)13-9-6-12-7-10-13/h12H,5-10H2,1-4H3. The minimum Gasteiger partial charge on any atom is -0.360 e. The molecule has 1 fully saturated rings. The monoisotopic (exact) mass is 291 g/mol. The van der Waals surface area contributed by atoms with Crippen LogP contribution in [0.15, 0.2) is 0 Å². The van der Waals surface area contributed by atoms with Crippen LogP contribution in [0.1, 0.15) is 13.3 Å². The Labute approximate surface area is 116 Å². The SMILES string of the molecule is CCCN(C(=O)N1CCNCC1)[Si](OC)(OC)OC. The van der Waals surface area contributed by atoms with E-state index in [1.165, 1.54) is 21.3 Å². The van der Waals surface area contributed by atoms with Crippen molar-refractivity contribution in [2.75, 3.05) is 54.1 Å². The van der Waals surface area contributed by atoms with Gasteiger partial charge in [0.1, 0.15) is 0 Å². The lowest BCUT2D eigenvalue weighted by molar-refractivity contribution is 0.0588. The van der Waals surface area contributed by atoms with Gasteiger partial charge >= 0.3 is 15.0 Å². The number of amides is 2. The van der Waals surface area contributed by atoms with E-state index in [-0.39, 0.29) is 6.03 Å². The smallest absolute Gasteiger partial charge is 0.360 e. The molecule has 112 valence electrons. The lowest BCUT2D eigenvalue weighted by Crippen LogP contribution is -2.65. The molecule has 1 rings (SSSR count). The van der Waals surface area contributed by atoms with Crippen LogP contribution in [-0.2, 0) is 13.3 Å². The van der Waals surface area contributed by atoms with Crippen LogP contribution in [-0.4, -0.2) is 78.5 Å². The topological polar surface area (TPSA) is 63.3 Å². The summed E-state index contributed by atoms with van der Waals surface area (Å²) in [6, 6.07) is -0.0689. The second-order valence-electron chi connectivity index (χ2n) is 4.31. The van der Waals surface area contributed by atoms with Gasteiger partial charge in [0.2, 0.25) is 0 Å². The Morgan fingerprint density at radius 3 is 2.16 bits per heavy atom. The summed E-state index contributed by atoms with van der Waals surface area (Å²) >= 11 is 0. The number of carbonyl (C=O) groups excluding carboxylic acids is 1. The summed E-state index contributed by atoms with van der Waals surface area (Å²) in [7, 11) is 1.47. The Morgan fingerprint density at radius 1 is 1.21 bits per heavy atom. The molecule has 0 saturated carbocycles. The number of piperazine rings is 1. The van der Waals surface area contributed by atoms with Crippen molar-refractivity contribution in [3.05, 3.63) is 0 Å². The molecule has 0 bridgehead atoms. The molecule has 0 radical (unpaired) electrons. The minimum atomic E-state index is -3.09. The van der Waals surface area contributed by atoms with Crippen LogP contribution >= 0.6 is 0 Å². The molecule has 0 aromatic heterocycles. The van der Waals surface area contributed by atoms with E-state index in [1.807, 2.05) is 11.8 Å². The first-order valence-corrected chi connectivity index (χ1v) is 8.25. The van der Waals surface area contributed by atoms with Crippen molar-refractivity contribution < 1.29 is 18.1 Å². The van der Waals surface area contributed by atoms with E-state index < -0.39 is 8.97 Å². The highest BCUT2D eigenvalue weighted by molar-refractivity contribution is 6.60. The van der Waals surface area contributed by atoms with Gasteiger partial charge in [0.05, 0.1) is 0 Å². The number of carbonyl (C=O) groups is 1. The van der Waals surface area contributed by atoms with Crippen LogP contribution in [0.4, 0.5) is 4.79 Å². The van der Waals surface area contributed by atoms with Gasteiger partial charge in [-0.3, -0.25) is 4.57 Å². The van der Waals surface area contributed by atoms with Crippen molar-refractivity contribution in [3.63, 3.8) is 0 Å². The molecule has 0 aromatic carbocycles. The van der Waals surface area contributed by atoms with E-state index in [2.05, 4.69) is 5.32 Å². The van der Waals surface area contributed by atoms with E-state index in [0.717, 1.165) is 19.5 Å². The number of rotatable bonds is 6. The molecule has 1 N–H and O–H groups in total. The van der Waals surface area contributed by atoms with Crippen molar-refractivity contribution in [2.24, 2.45) is 0 Å². The molecule has 2 amide bonds. The number of urea groups is 1. The summed E-state index contributed by atoms with van der Waals surface area (Å²) in [5.41, 5.74) is 0. The molecular weight excluding hydrogens is 266 g/mol. The van der Waals surface area contributed by atoms with E-state index in [1.54, 1.807) is 4.57 Å². The predicted octanol–water partition coefficient (Wildman–Crippen LogP) is 0.0984. The summed E-state index contributed by atoms with van der Waals surface area (Å²) in [6.45, 7) is 5.59. The van der Waals surface area contributed by atoms with Crippen molar-refractivity contribution in [1.29, 1.82) is 0 Å². The molecule has 1 aliphatic rings. The first-order valence-electron chi connectivity index (χ1n) is 6.57. The van der Waals surface area contributed by atoms with Gasteiger partial charge in [-0.25, -0.2) is 4.79 Å². The highest BCUT2D eigenvalue weighted by Gasteiger charge is 2.50. The summed E-state index contributed by atoms with van der Waals surface area (Å²) in [6.07, 6.45) is 0.822. The molecule has 1 aliphatic heterocycles. The van der Waals surface area contributed by atoms with Gasteiger partial charge in [0.15, 0.2) is 0 Å². The van der Waals surface area contributed by atoms with Gasteiger partial charge in [-0.05, 0) is 6.42 Å². The normalized spacial score (nSPS) is 16.5. The van der Waals surface area contributed by atoms with E-state index in [9.17, 15) is 4.79 Å². The van der Waals surface area contributed by atoms with Crippen LogP contribution in [0, 0.1) is 0 Å². The fraction of sp³-hybridized carbons (Fsp3) is 0.909. The maximum Gasteiger partial charge on any atom is 0.636 e. The van der Waals surface area contributed by atoms with Crippen LogP contribution in [0.25, 0.3) is 0 Å². The zero-order valence-corrected chi connectivity index (χ0v) is 13.3.